The number of carbonyl (C=O) groups is 3. The van der Waals surface area contributed by atoms with Crippen molar-refractivity contribution in [1.29, 1.82) is 0 Å². The van der Waals surface area contributed by atoms with E-state index in [1.54, 1.807) is 6.92 Å². The van der Waals surface area contributed by atoms with Gasteiger partial charge in [-0.3, -0.25) is 9.59 Å². The van der Waals surface area contributed by atoms with Crippen molar-refractivity contribution in [2.24, 2.45) is 5.92 Å². The third kappa shape index (κ3) is 3.21. The molecule has 120 valence electrons. The summed E-state index contributed by atoms with van der Waals surface area (Å²) in [4.78, 5) is 35.5. The molecule has 0 aromatic carbocycles. The Balaban J connectivity index is 2.23. The van der Waals surface area contributed by atoms with Crippen molar-refractivity contribution in [2.45, 2.75) is 52.5 Å². The van der Waals surface area contributed by atoms with Gasteiger partial charge in [0, 0.05) is 18.4 Å². The number of nitrogens with one attached hydrogen (secondary N) is 1. The van der Waals surface area contributed by atoms with Crippen LogP contribution in [-0.2, 0) is 11.2 Å². The quantitative estimate of drug-likeness (QED) is 0.870. The lowest BCUT2D eigenvalue weighted by atomic mass is 9.94. The SMILES string of the molecule is Cc1c(C(=O)N[C@@H](CC(C)C)C(=O)O)oc2c1C(=O)CCC2. The maximum absolute atomic E-state index is 12.3. The fourth-order valence-corrected chi connectivity index (χ4v) is 2.78. The lowest BCUT2D eigenvalue weighted by Gasteiger charge is -2.15. The maximum Gasteiger partial charge on any atom is 0.326 e. The van der Waals surface area contributed by atoms with E-state index in [-0.39, 0.29) is 17.5 Å². The molecule has 1 atom stereocenters. The molecule has 1 aliphatic carbocycles. The van der Waals surface area contributed by atoms with E-state index in [9.17, 15) is 19.5 Å². The summed E-state index contributed by atoms with van der Waals surface area (Å²) in [7, 11) is 0. The van der Waals surface area contributed by atoms with Crippen LogP contribution in [-0.4, -0.2) is 28.8 Å². The van der Waals surface area contributed by atoms with Gasteiger partial charge in [-0.25, -0.2) is 4.79 Å². The van der Waals surface area contributed by atoms with Crippen LogP contribution >= 0.6 is 0 Å². The number of amides is 1. The van der Waals surface area contributed by atoms with Gasteiger partial charge in [-0.2, -0.15) is 0 Å². The lowest BCUT2D eigenvalue weighted by molar-refractivity contribution is -0.139. The second-order valence-corrected chi connectivity index (χ2v) is 6.12. The number of carbonyl (C=O) groups excluding carboxylic acids is 2. The van der Waals surface area contributed by atoms with Gasteiger partial charge in [-0.05, 0) is 25.7 Å². The molecule has 6 nitrogen and oxygen atoms in total. The zero-order chi connectivity index (χ0) is 16.4. The van der Waals surface area contributed by atoms with Crippen molar-refractivity contribution >= 4 is 17.7 Å². The minimum absolute atomic E-state index is 0.0153. The minimum Gasteiger partial charge on any atom is -0.480 e. The van der Waals surface area contributed by atoms with Crippen LogP contribution in [0.2, 0.25) is 0 Å². The van der Waals surface area contributed by atoms with Gasteiger partial charge in [0.2, 0.25) is 0 Å². The maximum atomic E-state index is 12.3. The van der Waals surface area contributed by atoms with Gasteiger partial charge in [0.05, 0.1) is 5.56 Å². The normalized spacial score (nSPS) is 15.5. The molecule has 0 spiro atoms. The highest BCUT2D eigenvalue weighted by Crippen LogP contribution is 2.29. The second kappa shape index (κ2) is 6.34. The molecular weight excluding hydrogens is 286 g/mol. The van der Waals surface area contributed by atoms with Crippen LogP contribution in [0.3, 0.4) is 0 Å². The molecule has 0 fully saturated rings. The van der Waals surface area contributed by atoms with Crippen molar-refractivity contribution in [3.05, 3.63) is 22.6 Å². The van der Waals surface area contributed by atoms with E-state index in [1.165, 1.54) is 0 Å². The van der Waals surface area contributed by atoms with E-state index in [0.717, 1.165) is 0 Å². The Bertz CT molecular complexity index is 614. The average Bonchev–Trinajstić information content (AvgIpc) is 2.76. The summed E-state index contributed by atoms with van der Waals surface area (Å²) in [5.41, 5.74) is 0.998. The number of carboxylic acids is 1. The molecule has 6 heteroatoms. The monoisotopic (exact) mass is 307 g/mol. The zero-order valence-electron chi connectivity index (χ0n) is 13.1. The second-order valence-electron chi connectivity index (χ2n) is 6.12. The highest BCUT2D eigenvalue weighted by molar-refractivity contribution is 6.03. The van der Waals surface area contributed by atoms with Crippen LogP contribution in [0, 0.1) is 12.8 Å². The number of ketones is 1. The lowest BCUT2D eigenvalue weighted by Crippen LogP contribution is -2.41. The standard InChI is InChI=1S/C16H21NO5/c1-8(2)7-10(16(20)21)17-15(19)14-9(3)13-11(18)5-4-6-12(13)22-14/h8,10H,4-7H2,1-3H3,(H,17,19)(H,20,21)/t10-/m0/s1. The number of rotatable bonds is 5. The van der Waals surface area contributed by atoms with E-state index in [4.69, 9.17) is 4.42 Å². The fraction of sp³-hybridized carbons (Fsp3) is 0.562. The first-order valence-corrected chi connectivity index (χ1v) is 7.50. The van der Waals surface area contributed by atoms with Crippen molar-refractivity contribution in [1.82, 2.24) is 5.32 Å². The fourth-order valence-electron chi connectivity index (χ4n) is 2.78. The minimum atomic E-state index is -1.08. The summed E-state index contributed by atoms with van der Waals surface area (Å²) in [6.45, 7) is 5.44. The van der Waals surface area contributed by atoms with E-state index < -0.39 is 17.9 Å². The van der Waals surface area contributed by atoms with Gasteiger partial charge in [0.1, 0.15) is 11.8 Å². The van der Waals surface area contributed by atoms with Crippen LogP contribution in [0.25, 0.3) is 0 Å². The molecule has 1 aromatic heterocycles. The topological polar surface area (TPSA) is 96.6 Å². The summed E-state index contributed by atoms with van der Waals surface area (Å²) >= 11 is 0. The Hall–Kier alpha value is -2.11. The van der Waals surface area contributed by atoms with E-state index in [2.05, 4.69) is 5.32 Å². The largest absolute Gasteiger partial charge is 0.480 e. The summed E-state index contributed by atoms with van der Waals surface area (Å²) < 4.78 is 5.53. The molecule has 1 amide bonds. The van der Waals surface area contributed by atoms with Crippen LogP contribution < -0.4 is 5.32 Å². The van der Waals surface area contributed by atoms with Crippen LogP contribution in [0.4, 0.5) is 0 Å². The third-order valence-corrected chi connectivity index (χ3v) is 3.82. The van der Waals surface area contributed by atoms with E-state index >= 15 is 0 Å². The Morgan fingerprint density at radius 3 is 2.55 bits per heavy atom. The number of fused-ring (bicyclic) bond motifs is 1. The van der Waals surface area contributed by atoms with Crippen molar-refractivity contribution < 1.29 is 23.9 Å². The first-order valence-electron chi connectivity index (χ1n) is 7.50. The average molecular weight is 307 g/mol. The van der Waals surface area contributed by atoms with Crippen LogP contribution in [0.5, 0.6) is 0 Å². The number of aliphatic carboxylic acids is 1. The molecule has 0 bridgehead atoms. The van der Waals surface area contributed by atoms with Gasteiger partial charge in [-0.15, -0.1) is 0 Å². The van der Waals surface area contributed by atoms with E-state index in [1.807, 2.05) is 13.8 Å². The Kier molecular flexibility index (Phi) is 4.68. The molecule has 1 heterocycles. The van der Waals surface area contributed by atoms with Gasteiger partial charge >= 0.3 is 5.97 Å². The molecule has 2 N–H and O–H groups in total. The number of aryl methyl sites for hydroxylation is 1. The van der Waals surface area contributed by atoms with E-state index in [0.29, 0.717) is 42.6 Å². The van der Waals surface area contributed by atoms with Gasteiger partial charge in [0.25, 0.3) is 5.91 Å². The molecule has 0 unspecified atom stereocenters. The molecule has 2 rings (SSSR count). The zero-order valence-corrected chi connectivity index (χ0v) is 13.1. The predicted octanol–water partition coefficient (Wildman–Crippen LogP) is 2.34. The summed E-state index contributed by atoms with van der Waals surface area (Å²) in [5.74, 6) is -0.947. The van der Waals surface area contributed by atoms with Crippen LogP contribution in [0.1, 0.15) is 65.3 Å². The number of hydrogen-bond donors (Lipinski definition) is 2. The highest BCUT2D eigenvalue weighted by atomic mass is 16.4. The predicted molar refractivity (Wildman–Crippen MR) is 79.1 cm³/mol. The molecule has 0 aliphatic heterocycles. The van der Waals surface area contributed by atoms with Gasteiger partial charge in [0.15, 0.2) is 11.5 Å². The van der Waals surface area contributed by atoms with Crippen LogP contribution in [0.15, 0.2) is 4.42 Å². The highest BCUT2D eigenvalue weighted by Gasteiger charge is 2.30. The van der Waals surface area contributed by atoms with Crippen molar-refractivity contribution in [2.75, 3.05) is 0 Å². The number of hydrogen-bond acceptors (Lipinski definition) is 4. The molecule has 0 radical (unpaired) electrons. The summed E-state index contributed by atoms with van der Waals surface area (Å²) in [6, 6.07) is -0.968. The van der Waals surface area contributed by atoms with Gasteiger partial charge in [-0.1, -0.05) is 13.8 Å². The van der Waals surface area contributed by atoms with Crippen molar-refractivity contribution in [3.8, 4) is 0 Å². The molecule has 22 heavy (non-hydrogen) atoms. The summed E-state index contributed by atoms with van der Waals surface area (Å²) in [5, 5.41) is 11.7. The molecule has 1 aliphatic rings. The molecule has 0 saturated heterocycles. The van der Waals surface area contributed by atoms with Gasteiger partial charge < -0.3 is 14.8 Å². The number of carboxylic acid groups (broad SMARTS) is 1. The third-order valence-electron chi connectivity index (χ3n) is 3.82. The number of Topliss-reactive ketones (excluding diaryl/α,β-unsaturated/α-hetero) is 1. The molecule has 0 saturated carbocycles. The first-order chi connectivity index (χ1) is 10.3. The Labute approximate surface area is 128 Å². The molecular formula is C16H21NO5. The first kappa shape index (κ1) is 16.3. The Morgan fingerprint density at radius 2 is 2.00 bits per heavy atom. The van der Waals surface area contributed by atoms with Crippen molar-refractivity contribution in [3.63, 3.8) is 0 Å². The smallest absolute Gasteiger partial charge is 0.326 e. The molecule has 1 aromatic rings. The Morgan fingerprint density at radius 1 is 1.32 bits per heavy atom. The number of furan rings is 1. The summed E-state index contributed by atoms with van der Waals surface area (Å²) in [6.07, 6.45) is 2.13.